The van der Waals surface area contributed by atoms with Crippen molar-refractivity contribution >= 4 is 12.1 Å². The van der Waals surface area contributed by atoms with E-state index in [-0.39, 0.29) is 30.2 Å². The predicted molar refractivity (Wildman–Crippen MR) is 116 cm³/mol. The smallest absolute Gasteiger partial charge is 0.475 e. The number of benzene rings is 3. The molecule has 164 valence electrons. The van der Waals surface area contributed by atoms with Gasteiger partial charge < -0.3 is 14.2 Å². The standard InChI is InChI=1S/C25H21F2NO4/c1-15(2)31-25(29)32-19-12-10-17(11-13-19)16-6-8-18(9-7-16)22-14-30-24(28-22)23-20(26)4-3-5-21(23)27/h3-13,15,22H,14H2,1-2H3. The van der Waals surface area contributed by atoms with Crippen LogP contribution in [0.1, 0.15) is 31.0 Å². The number of rotatable bonds is 5. The highest BCUT2D eigenvalue weighted by Crippen LogP contribution is 2.29. The van der Waals surface area contributed by atoms with Crippen LogP contribution >= 0.6 is 0 Å². The van der Waals surface area contributed by atoms with Gasteiger partial charge in [0.15, 0.2) is 0 Å². The number of halogens is 2. The zero-order valence-corrected chi connectivity index (χ0v) is 17.5. The monoisotopic (exact) mass is 437 g/mol. The minimum absolute atomic E-state index is 0.0266. The van der Waals surface area contributed by atoms with E-state index in [0.717, 1.165) is 16.7 Å². The summed E-state index contributed by atoms with van der Waals surface area (Å²) in [5.74, 6) is -1.04. The number of carbonyl (C=O) groups is 1. The number of aliphatic imine (C=N–C) groups is 1. The van der Waals surface area contributed by atoms with Crippen LogP contribution in [0.15, 0.2) is 71.7 Å². The molecule has 1 aliphatic rings. The second kappa shape index (κ2) is 9.18. The molecule has 0 radical (unpaired) electrons. The molecule has 0 aliphatic carbocycles. The van der Waals surface area contributed by atoms with Gasteiger partial charge >= 0.3 is 6.16 Å². The molecule has 0 fully saturated rings. The fraction of sp³-hybridized carbons (Fsp3) is 0.200. The van der Waals surface area contributed by atoms with E-state index in [1.807, 2.05) is 36.4 Å². The minimum Gasteiger partial charge on any atom is -0.475 e. The SMILES string of the molecule is CC(C)OC(=O)Oc1ccc(-c2ccc(C3COC(c4c(F)cccc4F)=N3)cc2)cc1. The third-order valence-corrected chi connectivity index (χ3v) is 4.84. The molecule has 7 heteroatoms. The van der Waals surface area contributed by atoms with Crippen molar-refractivity contribution in [2.45, 2.75) is 26.0 Å². The molecule has 32 heavy (non-hydrogen) atoms. The van der Waals surface area contributed by atoms with Crippen molar-refractivity contribution in [2.24, 2.45) is 4.99 Å². The Bertz CT molecular complexity index is 1120. The molecule has 3 aromatic rings. The second-order valence-electron chi connectivity index (χ2n) is 7.52. The van der Waals surface area contributed by atoms with Crippen molar-refractivity contribution in [1.29, 1.82) is 0 Å². The van der Waals surface area contributed by atoms with Gasteiger partial charge in [-0.25, -0.2) is 18.6 Å². The van der Waals surface area contributed by atoms with Gasteiger partial charge in [-0.1, -0.05) is 42.5 Å². The Morgan fingerprint density at radius 1 is 0.969 bits per heavy atom. The average Bonchev–Trinajstić information content (AvgIpc) is 3.23. The van der Waals surface area contributed by atoms with E-state index in [0.29, 0.717) is 5.75 Å². The largest absolute Gasteiger partial charge is 0.514 e. The summed E-state index contributed by atoms with van der Waals surface area (Å²) in [6.07, 6.45) is -0.997. The van der Waals surface area contributed by atoms with Gasteiger partial charge in [0.05, 0.1) is 6.10 Å². The summed E-state index contributed by atoms with van der Waals surface area (Å²) in [5.41, 5.74) is 2.51. The summed E-state index contributed by atoms with van der Waals surface area (Å²) in [5, 5.41) is 0. The van der Waals surface area contributed by atoms with Gasteiger partial charge in [0.2, 0.25) is 5.90 Å². The van der Waals surface area contributed by atoms with Crippen LogP contribution in [0.4, 0.5) is 13.6 Å². The van der Waals surface area contributed by atoms with Gasteiger partial charge in [0, 0.05) is 0 Å². The molecular formula is C25H21F2NO4. The van der Waals surface area contributed by atoms with Crippen LogP contribution in [0.5, 0.6) is 5.75 Å². The van der Waals surface area contributed by atoms with Crippen molar-refractivity contribution in [2.75, 3.05) is 6.61 Å². The molecule has 0 aromatic heterocycles. The Labute approximate surface area is 184 Å². The van der Waals surface area contributed by atoms with E-state index < -0.39 is 17.8 Å². The summed E-state index contributed by atoms with van der Waals surface area (Å²) in [6, 6.07) is 18.0. The van der Waals surface area contributed by atoms with Gasteiger partial charge in [0.1, 0.15) is 35.6 Å². The van der Waals surface area contributed by atoms with E-state index in [2.05, 4.69) is 4.99 Å². The molecule has 3 aromatic carbocycles. The normalized spacial score (nSPS) is 15.3. The quantitative estimate of drug-likeness (QED) is 0.359. The van der Waals surface area contributed by atoms with Gasteiger partial charge in [0.25, 0.3) is 0 Å². The predicted octanol–water partition coefficient (Wildman–Crippen LogP) is 6.07. The Balaban J connectivity index is 1.46. The van der Waals surface area contributed by atoms with Crippen molar-refractivity contribution in [3.05, 3.63) is 89.5 Å². The van der Waals surface area contributed by atoms with E-state index in [9.17, 15) is 13.6 Å². The molecule has 1 unspecified atom stereocenters. The maximum Gasteiger partial charge on any atom is 0.514 e. The first-order chi connectivity index (χ1) is 15.4. The van der Waals surface area contributed by atoms with Crippen LogP contribution in [0.2, 0.25) is 0 Å². The number of carbonyl (C=O) groups excluding carboxylic acids is 1. The van der Waals surface area contributed by atoms with E-state index in [1.54, 1.807) is 26.0 Å². The summed E-state index contributed by atoms with van der Waals surface area (Å²) in [4.78, 5) is 16.0. The maximum absolute atomic E-state index is 14.0. The number of ether oxygens (including phenoxy) is 3. The number of nitrogens with zero attached hydrogens (tertiary/aromatic N) is 1. The lowest BCUT2D eigenvalue weighted by molar-refractivity contribution is 0.0729. The highest BCUT2D eigenvalue weighted by atomic mass is 19.1. The summed E-state index contributed by atoms with van der Waals surface area (Å²) in [6.45, 7) is 3.70. The zero-order chi connectivity index (χ0) is 22.7. The Hall–Kier alpha value is -3.74. The topological polar surface area (TPSA) is 57.1 Å². The molecule has 0 saturated heterocycles. The van der Waals surface area contributed by atoms with Crippen molar-refractivity contribution in [3.63, 3.8) is 0 Å². The van der Waals surface area contributed by atoms with Crippen LogP contribution in [0, 0.1) is 11.6 Å². The van der Waals surface area contributed by atoms with E-state index in [4.69, 9.17) is 14.2 Å². The van der Waals surface area contributed by atoms with Crippen LogP contribution in [0.25, 0.3) is 11.1 Å². The maximum atomic E-state index is 14.0. The molecule has 1 atom stereocenters. The molecule has 5 nitrogen and oxygen atoms in total. The first-order valence-corrected chi connectivity index (χ1v) is 10.1. The van der Waals surface area contributed by atoms with Crippen LogP contribution in [-0.2, 0) is 9.47 Å². The van der Waals surface area contributed by atoms with Gasteiger partial charge in [-0.3, -0.25) is 0 Å². The lowest BCUT2D eigenvalue weighted by Crippen LogP contribution is -2.15. The van der Waals surface area contributed by atoms with Crippen molar-refractivity contribution in [3.8, 4) is 16.9 Å². The van der Waals surface area contributed by atoms with Crippen LogP contribution < -0.4 is 4.74 Å². The molecule has 0 N–H and O–H groups in total. The van der Waals surface area contributed by atoms with Gasteiger partial charge in [-0.15, -0.1) is 0 Å². The molecule has 4 rings (SSSR count). The Morgan fingerprint density at radius 3 is 2.16 bits per heavy atom. The van der Waals surface area contributed by atoms with Crippen LogP contribution in [-0.4, -0.2) is 24.8 Å². The summed E-state index contributed by atoms with van der Waals surface area (Å²) in [7, 11) is 0. The van der Waals surface area contributed by atoms with Gasteiger partial charge in [-0.2, -0.15) is 0 Å². The molecule has 0 amide bonds. The molecule has 1 heterocycles. The summed E-state index contributed by atoms with van der Waals surface area (Å²) < 4.78 is 43.5. The third kappa shape index (κ3) is 4.77. The fourth-order valence-electron chi connectivity index (χ4n) is 3.31. The highest BCUT2D eigenvalue weighted by molar-refractivity contribution is 5.95. The first-order valence-electron chi connectivity index (χ1n) is 10.1. The van der Waals surface area contributed by atoms with Crippen LogP contribution in [0.3, 0.4) is 0 Å². The Morgan fingerprint density at radius 2 is 1.56 bits per heavy atom. The molecule has 1 aliphatic heterocycles. The lowest BCUT2D eigenvalue weighted by atomic mass is 10.0. The van der Waals surface area contributed by atoms with Gasteiger partial charge in [-0.05, 0) is 54.8 Å². The zero-order valence-electron chi connectivity index (χ0n) is 17.5. The first kappa shape index (κ1) is 21.5. The van der Waals surface area contributed by atoms with E-state index >= 15 is 0 Å². The highest BCUT2D eigenvalue weighted by Gasteiger charge is 2.26. The van der Waals surface area contributed by atoms with Crippen molar-refractivity contribution in [1.82, 2.24) is 0 Å². The molecular weight excluding hydrogens is 416 g/mol. The van der Waals surface area contributed by atoms with E-state index in [1.165, 1.54) is 18.2 Å². The molecule has 0 saturated carbocycles. The number of hydrogen-bond acceptors (Lipinski definition) is 5. The summed E-state index contributed by atoms with van der Waals surface area (Å²) >= 11 is 0. The Kier molecular flexibility index (Phi) is 6.16. The van der Waals surface area contributed by atoms with Crippen molar-refractivity contribution < 1.29 is 27.8 Å². The average molecular weight is 437 g/mol. The molecule has 0 spiro atoms. The fourth-order valence-corrected chi connectivity index (χ4v) is 3.31. The number of hydrogen-bond donors (Lipinski definition) is 0. The molecule has 0 bridgehead atoms. The second-order valence-corrected chi connectivity index (χ2v) is 7.52. The third-order valence-electron chi connectivity index (χ3n) is 4.84. The lowest BCUT2D eigenvalue weighted by Gasteiger charge is -2.09. The minimum atomic E-state index is -0.744.